The van der Waals surface area contributed by atoms with E-state index in [1.165, 1.54) is 12.3 Å². The van der Waals surface area contributed by atoms with Gasteiger partial charge in [-0.1, -0.05) is 0 Å². The van der Waals surface area contributed by atoms with E-state index in [0.717, 1.165) is 5.69 Å². The average Bonchev–Trinajstić information content (AvgIpc) is 2.59. The van der Waals surface area contributed by atoms with Gasteiger partial charge in [-0.3, -0.25) is 0 Å². The van der Waals surface area contributed by atoms with Gasteiger partial charge >= 0.3 is 6.18 Å². The number of benzene rings is 1. The Labute approximate surface area is 142 Å². The second kappa shape index (κ2) is 8.22. The molecule has 9 heteroatoms. The third-order valence-electron chi connectivity index (χ3n) is 2.98. The second-order valence-corrected chi connectivity index (χ2v) is 4.96. The summed E-state index contributed by atoms with van der Waals surface area (Å²) in [6.45, 7) is -1.23. The van der Waals surface area contributed by atoms with Gasteiger partial charge in [0.05, 0.1) is 13.7 Å². The molecule has 0 unspecified atom stereocenters. The predicted molar refractivity (Wildman–Crippen MR) is 87.7 cm³/mol. The van der Waals surface area contributed by atoms with Crippen molar-refractivity contribution >= 4 is 11.6 Å². The zero-order valence-electron chi connectivity index (χ0n) is 13.4. The van der Waals surface area contributed by atoms with Crippen LogP contribution in [0.4, 0.5) is 18.9 Å². The van der Waals surface area contributed by atoms with Crippen molar-refractivity contribution < 1.29 is 22.6 Å². The largest absolute Gasteiger partial charge is 0.497 e. The Morgan fingerprint density at radius 2 is 1.96 bits per heavy atom. The molecule has 0 spiro atoms. The van der Waals surface area contributed by atoms with E-state index in [1.54, 1.807) is 37.4 Å². The lowest BCUT2D eigenvalue weighted by Crippen LogP contribution is -2.22. The topological polar surface area (TPSA) is 81.8 Å². The third kappa shape index (κ3) is 6.58. The summed E-state index contributed by atoms with van der Waals surface area (Å²) >= 11 is 0. The van der Waals surface area contributed by atoms with Crippen LogP contribution in [0.2, 0.25) is 0 Å². The van der Waals surface area contributed by atoms with Gasteiger partial charge in [0.2, 0.25) is 5.88 Å². The molecule has 0 amide bonds. The Morgan fingerprint density at radius 3 is 2.60 bits per heavy atom. The maximum Gasteiger partial charge on any atom is 0.422 e. The smallest absolute Gasteiger partial charge is 0.422 e. The number of rotatable bonds is 6. The summed E-state index contributed by atoms with van der Waals surface area (Å²) in [5, 5.41) is 2.90. The normalized spacial score (nSPS) is 11.9. The Hall–Kier alpha value is -2.97. The van der Waals surface area contributed by atoms with Crippen LogP contribution >= 0.6 is 0 Å². The Balaban J connectivity index is 1.93. The van der Waals surface area contributed by atoms with Crippen molar-refractivity contribution in [2.24, 2.45) is 10.7 Å². The summed E-state index contributed by atoms with van der Waals surface area (Å²) in [6, 6.07) is 10.1. The van der Waals surface area contributed by atoms with E-state index in [2.05, 4.69) is 20.0 Å². The molecule has 0 aliphatic carbocycles. The Morgan fingerprint density at radius 1 is 1.24 bits per heavy atom. The molecule has 1 aromatic heterocycles. The maximum absolute atomic E-state index is 12.1. The summed E-state index contributed by atoms with van der Waals surface area (Å²) in [6.07, 6.45) is -3.06. The van der Waals surface area contributed by atoms with Gasteiger partial charge in [-0.25, -0.2) is 9.98 Å². The molecule has 0 aliphatic rings. The molecule has 1 aromatic carbocycles. The molecule has 0 aliphatic heterocycles. The number of guanidine groups is 1. The number of methoxy groups -OCH3 is 1. The molecule has 6 nitrogen and oxygen atoms in total. The molecule has 2 aromatic rings. The molecular formula is C16H17F3N4O2. The van der Waals surface area contributed by atoms with Gasteiger partial charge in [-0.05, 0) is 35.9 Å². The lowest BCUT2D eigenvalue weighted by atomic mass is 10.3. The van der Waals surface area contributed by atoms with Crippen molar-refractivity contribution in [3.05, 3.63) is 48.2 Å². The van der Waals surface area contributed by atoms with E-state index in [-0.39, 0.29) is 18.4 Å². The lowest BCUT2D eigenvalue weighted by molar-refractivity contribution is -0.154. The number of nitrogens with zero attached hydrogens (tertiary/aromatic N) is 2. The molecule has 0 atom stereocenters. The Bertz CT molecular complexity index is 718. The lowest BCUT2D eigenvalue weighted by Gasteiger charge is -2.09. The number of hydrogen-bond acceptors (Lipinski definition) is 4. The number of aromatic nitrogens is 1. The molecule has 25 heavy (non-hydrogen) atoms. The van der Waals surface area contributed by atoms with E-state index in [1.807, 2.05) is 0 Å². The molecule has 0 saturated carbocycles. The highest BCUT2D eigenvalue weighted by molar-refractivity contribution is 5.92. The van der Waals surface area contributed by atoms with Gasteiger partial charge in [0.25, 0.3) is 0 Å². The molecule has 3 N–H and O–H groups in total. The van der Waals surface area contributed by atoms with Crippen LogP contribution in [-0.4, -0.2) is 30.8 Å². The highest BCUT2D eigenvalue weighted by Crippen LogP contribution is 2.18. The molecule has 2 rings (SSSR count). The number of nitrogens with one attached hydrogen (secondary N) is 1. The van der Waals surface area contributed by atoms with Crippen molar-refractivity contribution in [1.29, 1.82) is 0 Å². The minimum atomic E-state index is -4.41. The van der Waals surface area contributed by atoms with Crippen molar-refractivity contribution in [3.8, 4) is 11.6 Å². The first-order chi connectivity index (χ1) is 11.9. The second-order valence-electron chi connectivity index (χ2n) is 4.96. The van der Waals surface area contributed by atoms with Crippen molar-refractivity contribution in [2.45, 2.75) is 12.7 Å². The van der Waals surface area contributed by atoms with Gasteiger partial charge in [0, 0.05) is 18.0 Å². The molecule has 0 radical (unpaired) electrons. The van der Waals surface area contributed by atoms with Crippen LogP contribution in [0.25, 0.3) is 0 Å². The van der Waals surface area contributed by atoms with E-state index >= 15 is 0 Å². The highest BCUT2D eigenvalue weighted by atomic mass is 19.4. The quantitative estimate of drug-likeness (QED) is 0.616. The number of anilines is 1. The fourth-order valence-corrected chi connectivity index (χ4v) is 1.82. The average molecular weight is 354 g/mol. The number of ether oxygens (including phenoxy) is 2. The van der Waals surface area contributed by atoms with Crippen LogP contribution in [0, 0.1) is 0 Å². The molecule has 1 heterocycles. The SMILES string of the molecule is COc1ccc(NC(N)=NCc2ccnc(OCC(F)(F)F)c2)cc1. The van der Waals surface area contributed by atoms with Crippen LogP contribution in [0.15, 0.2) is 47.6 Å². The van der Waals surface area contributed by atoms with E-state index in [4.69, 9.17) is 10.5 Å². The van der Waals surface area contributed by atoms with Crippen molar-refractivity contribution in [3.63, 3.8) is 0 Å². The monoisotopic (exact) mass is 354 g/mol. The van der Waals surface area contributed by atoms with E-state index < -0.39 is 12.8 Å². The first-order valence-corrected chi connectivity index (χ1v) is 7.21. The standard InChI is InChI=1S/C16H17F3N4O2/c1-24-13-4-2-12(3-5-13)23-15(20)22-9-11-6-7-21-14(8-11)25-10-16(17,18)19/h2-8H,9-10H2,1H3,(H3,20,22,23). The number of aliphatic imine (C=N–C) groups is 1. The first-order valence-electron chi connectivity index (χ1n) is 7.21. The summed E-state index contributed by atoms with van der Waals surface area (Å²) in [5.41, 5.74) is 7.13. The summed E-state index contributed by atoms with van der Waals surface area (Å²) in [5.74, 6) is 0.760. The first kappa shape index (κ1) is 18.4. The summed E-state index contributed by atoms with van der Waals surface area (Å²) < 4.78 is 46.1. The minimum Gasteiger partial charge on any atom is -0.497 e. The molecule has 134 valence electrons. The fraction of sp³-hybridized carbons (Fsp3) is 0.250. The summed E-state index contributed by atoms with van der Waals surface area (Å²) in [7, 11) is 1.57. The predicted octanol–water partition coefficient (Wildman–Crippen LogP) is 2.96. The highest BCUT2D eigenvalue weighted by Gasteiger charge is 2.28. The maximum atomic E-state index is 12.1. The van der Waals surface area contributed by atoms with Gasteiger partial charge < -0.3 is 20.5 Å². The molecule has 0 bridgehead atoms. The van der Waals surface area contributed by atoms with Crippen LogP contribution in [0.3, 0.4) is 0 Å². The third-order valence-corrected chi connectivity index (χ3v) is 2.98. The zero-order chi connectivity index (χ0) is 18.3. The van der Waals surface area contributed by atoms with Gasteiger partial charge in [0.1, 0.15) is 5.75 Å². The van der Waals surface area contributed by atoms with E-state index in [9.17, 15) is 13.2 Å². The van der Waals surface area contributed by atoms with Crippen molar-refractivity contribution in [1.82, 2.24) is 4.98 Å². The van der Waals surface area contributed by atoms with Crippen molar-refractivity contribution in [2.75, 3.05) is 19.0 Å². The molecule has 0 saturated heterocycles. The van der Waals surface area contributed by atoms with Crippen LogP contribution in [0.1, 0.15) is 5.56 Å². The zero-order valence-corrected chi connectivity index (χ0v) is 13.4. The van der Waals surface area contributed by atoms with Crippen LogP contribution in [-0.2, 0) is 6.54 Å². The fourth-order valence-electron chi connectivity index (χ4n) is 1.82. The van der Waals surface area contributed by atoms with Crippen LogP contribution in [0.5, 0.6) is 11.6 Å². The Kier molecular flexibility index (Phi) is 6.04. The number of alkyl halides is 3. The number of pyridine rings is 1. The molecular weight excluding hydrogens is 337 g/mol. The minimum absolute atomic E-state index is 0.119. The van der Waals surface area contributed by atoms with Gasteiger partial charge in [0.15, 0.2) is 12.6 Å². The number of hydrogen-bond donors (Lipinski definition) is 2. The van der Waals surface area contributed by atoms with E-state index in [0.29, 0.717) is 11.3 Å². The van der Waals surface area contributed by atoms with Crippen LogP contribution < -0.4 is 20.5 Å². The number of halogens is 3. The van der Waals surface area contributed by atoms with Gasteiger partial charge in [-0.2, -0.15) is 13.2 Å². The molecule has 0 fully saturated rings. The van der Waals surface area contributed by atoms with Gasteiger partial charge in [-0.15, -0.1) is 0 Å². The number of nitrogens with two attached hydrogens (primary N) is 1. The summed E-state index contributed by atoms with van der Waals surface area (Å²) in [4.78, 5) is 7.85.